The van der Waals surface area contributed by atoms with E-state index in [1.807, 2.05) is 61.5 Å². The van der Waals surface area contributed by atoms with Crippen LogP contribution >= 0.6 is 0 Å². The van der Waals surface area contributed by atoms with Crippen molar-refractivity contribution in [2.24, 2.45) is 0 Å². The Morgan fingerprint density at radius 1 is 1.00 bits per heavy atom. The third-order valence-electron chi connectivity index (χ3n) is 6.10. The maximum atomic E-state index is 15.0. The van der Waals surface area contributed by atoms with E-state index < -0.39 is 23.7 Å². The van der Waals surface area contributed by atoms with Crippen molar-refractivity contribution in [1.82, 2.24) is 25.5 Å². The van der Waals surface area contributed by atoms with Crippen molar-refractivity contribution in [3.63, 3.8) is 0 Å². The Balaban J connectivity index is 1.26. The average Bonchev–Trinajstić information content (AvgIpc) is 3.60. The lowest BCUT2D eigenvalue weighted by molar-refractivity contribution is -0.139. The molecular formula is C29H24FN5O4. The van der Waals surface area contributed by atoms with Gasteiger partial charge in [0.2, 0.25) is 5.82 Å². The third kappa shape index (κ3) is 6.07. The zero-order valence-electron chi connectivity index (χ0n) is 20.9. The van der Waals surface area contributed by atoms with Gasteiger partial charge in [0.25, 0.3) is 5.91 Å². The predicted molar refractivity (Wildman–Crippen MR) is 140 cm³/mol. The number of tetrazole rings is 1. The highest BCUT2D eigenvalue weighted by Gasteiger charge is 2.24. The maximum absolute atomic E-state index is 15.0. The number of carboxylic acids is 1. The monoisotopic (exact) mass is 525 g/mol. The summed E-state index contributed by atoms with van der Waals surface area (Å²) in [5.41, 5.74) is 3.36. The Morgan fingerprint density at radius 3 is 2.49 bits per heavy atom. The number of aliphatic carboxylic acids is 1. The number of carbonyl (C=O) groups is 2. The zero-order chi connectivity index (χ0) is 27.4. The van der Waals surface area contributed by atoms with Gasteiger partial charge < -0.3 is 14.8 Å². The summed E-state index contributed by atoms with van der Waals surface area (Å²) in [6, 6.07) is 23.2. The Bertz CT molecular complexity index is 1610. The van der Waals surface area contributed by atoms with Gasteiger partial charge in [0.1, 0.15) is 17.6 Å². The molecule has 9 nitrogen and oxygen atoms in total. The molecule has 0 spiro atoms. The molecule has 0 aliphatic heterocycles. The standard InChI is InChI=1S/C29H24FN5O4/c1-18-7-10-21(11-8-18)25-13-14-26(39-25)28(36)31-24(29(37)38)16-20-9-12-22(23(30)15-20)27-32-34-35(33-27)17-19-5-3-2-4-6-19/h2-15,24H,16-17H2,1H3,(H,31,36)(H,37,38). The van der Waals surface area contributed by atoms with Crippen LogP contribution in [0.1, 0.15) is 27.2 Å². The molecule has 0 bridgehead atoms. The molecule has 2 N–H and O–H groups in total. The first kappa shape index (κ1) is 25.5. The van der Waals surface area contributed by atoms with E-state index in [1.165, 1.54) is 23.0 Å². The molecule has 0 saturated carbocycles. The Morgan fingerprint density at radius 2 is 1.77 bits per heavy atom. The number of aryl methyl sites for hydroxylation is 1. The largest absolute Gasteiger partial charge is 0.480 e. The van der Waals surface area contributed by atoms with E-state index in [-0.39, 0.29) is 23.6 Å². The summed E-state index contributed by atoms with van der Waals surface area (Å²) in [5, 5.41) is 24.3. The number of hydrogen-bond acceptors (Lipinski definition) is 6. The number of carboxylic acid groups (broad SMARTS) is 1. The van der Waals surface area contributed by atoms with Crippen molar-refractivity contribution < 1.29 is 23.5 Å². The lowest BCUT2D eigenvalue weighted by Gasteiger charge is -2.14. The number of hydrogen-bond donors (Lipinski definition) is 2. The van der Waals surface area contributed by atoms with E-state index in [2.05, 4.69) is 20.7 Å². The van der Waals surface area contributed by atoms with E-state index in [0.29, 0.717) is 17.9 Å². The number of amides is 1. The molecule has 1 unspecified atom stereocenters. The van der Waals surface area contributed by atoms with Crippen LogP contribution in [0.2, 0.25) is 0 Å². The van der Waals surface area contributed by atoms with Crippen molar-refractivity contribution in [1.29, 1.82) is 0 Å². The molecule has 2 aromatic heterocycles. The minimum Gasteiger partial charge on any atom is -0.480 e. The van der Waals surface area contributed by atoms with Crippen molar-refractivity contribution in [2.75, 3.05) is 0 Å². The number of rotatable bonds is 9. The van der Waals surface area contributed by atoms with Gasteiger partial charge in [-0.3, -0.25) is 4.79 Å². The summed E-state index contributed by atoms with van der Waals surface area (Å²) in [5.74, 6) is -2.00. The molecule has 5 rings (SSSR count). The molecule has 3 aromatic carbocycles. The molecule has 0 fully saturated rings. The molecule has 0 saturated heterocycles. The van der Waals surface area contributed by atoms with Crippen LogP contribution in [0.4, 0.5) is 4.39 Å². The van der Waals surface area contributed by atoms with E-state index in [1.54, 1.807) is 12.1 Å². The highest BCUT2D eigenvalue weighted by Crippen LogP contribution is 2.23. The molecule has 1 amide bonds. The zero-order valence-corrected chi connectivity index (χ0v) is 20.9. The van der Waals surface area contributed by atoms with E-state index in [4.69, 9.17) is 4.42 Å². The fourth-order valence-electron chi connectivity index (χ4n) is 4.03. The summed E-state index contributed by atoms with van der Waals surface area (Å²) in [4.78, 5) is 26.0. The summed E-state index contributed by atoms with van der Waals surface area (Å²) in [6.45, 7) is 2.35. The van der Waals surface area contributed by atoms with Gasteiger partial charge in [-0.05, 0) is 47.5 Å². The number of benzene rings is 3. The SMILES string of the molecule is Cc1ccc(-c2ccc(C(=O)NC(Cc3ccc(-c4nnn(Cc5ccccc5)n4)c(F)c3)C(=O)O)o2)cc1. The Hall–Kier alpha value is -5.12. The van der Waals surface area contributed by atoms with Crippen molar-refractivity contribution in [3.05, 3.63) is 113 Å². The molecule has 39 heavy (non-hydrogen) atoms. The number of carbonyl (C=O) groups excluding carboxylic acids is 1. The van der Waals surface area contributed by atoms with E-state index in [9.17, 15) is 19.1 Å². The van der Waals surface area contributed by atoms with Gasteiger partial charge in [0.15, 0.2) is 5.76 Å². The fraction of sp³-hybridized carbons (Fsp3) is 0.138. The van der Waals surface area contributed by atoms with Crippen LogP contribution in [0.15, 0.2) is 89.3 Å². The number of aromatic nitrogens is 4. The van der Waals surface area contributed by atoms with Crippen LogP contribution < -0.4 is 5.32 Å². The molecule has 196 valence electrons. The van der Waals surface area contributed by atoms with Crippen LogP contribution in [0.5, 0.6) is 0 Å². The molecule has 10 heteroatoms. The summed E-state index contributed by atoms with van der Waals surface area (Å²) in [7, 11) is 0. The fourth-order valence-corrected chi connectivity index (χ4v) is 4.03. The molecule has 2 heterocycles. The van der Waals surface area contributed by atoms with Crippen molar-refractivity contribution in [2.45, 2.75) is 25.9 Å². The minimum atomic E-state index is -1.31. The molecule has 1 atom stereocenters. The topological polar surface area (TPSA) is 123 Å². The highest BCUT2D eigenvalue weighted by molar-refractivity contribution is 5.94. The molecule has 0 radical (unpaired) electrons. The second-order valence-corrected chi connectivity index (χ2v) is 9.04. The normalized spacial score (nSPS) is 11.7. The van der Waals surface area contributed by atoms with E-state index >= 15 is 0 Å². The Kier molecular flexibility index (Phi) is 7.26. The van der Waals surface area contributed by atoms with Gasteiger partial charge in [-0.1, -0.05) is 66.2 Å². The predicted octanol–water partition coefficient (Wildman–Crippen LogP) is 4.52. The summed E-state index contributed by atoms with van der Waals surface area (Å²) >= 11 is 0. The second kappa shape index (κ2) is 11.1. The minimum absolute atomic E-state index is 0.0250. The smallest absolute Gasteiger partial charge is 0.326 e. The average molecular weight is 526 g/mol. The lowest BCUT2D eigenvalue weighted by atomic mass is 10.0. The van der Waals surface area contributed by atoms with Crippen LogP contribution in [0.25, 0.3) is 22.7 Å². The number of nitrogens with zero attached hydrogens (tertiary/aromatic N) is 4. The van der Waals surface area contributed by atoms with Crippen LogP contribution in [0.3, 0.4) is 0 Å². The molecular weight excluding hydrogens is 501 g/mol. The second-order valence-electron chi connectivity index (χ2n) is 9.04. The molecule has 0 aliphatic carbocycles. The van der Waals surface area contributed by atoms with Crippen LogP contribution in [-0.4, -0.2) is 43.2 Å². The number of nitrogens with one attached hydrogen (secondary N) is 1. The maximum Gasteiger partial charge on any atom is 0.326 e. The lowest BCUT2D eigenvalue weighted by Crippen LogP contribution is -2.42. The van der Waals surface area contributed by atoms with Crippen molar-refractivity contribution >= 4 is 11.9 Å². The van der Waals surface area contributed by atoms with E-state index in [0.717, 1.165) is 16.7 Å². The van der Waals surface area contributed by atoms with Crippen LogP contribution in [-0.2, 0) is 17.8 Å². The van der Waals surface area contributed by atoms with Gasteiger partial charge in [-0.2, -0.15) is 4.80 Å². The highest BCUT2D eigenvalue weighted by atomic mass is 19.1. The summed E-state index contributed by atoms with van der Waals surface area (Å²) in [6.07, 6.45) is -0.141. The molecule has 0 aliphatic rings. The van der Waals surface area contributed by atoms with Gasteiger partial charge in [-0.15, -0.1) is 10.2 Å². The Labute approximate surface area is 222 Å². The van der Waals surface area contributed by atoms with Gasteiger partial charge in [0.05, 0.1) is 12.1 Å². The van der Waals surface area contributed by atoms with Crippen molar-refractivity contribution in [3.8, 4) is 22.7 Å². The van der Waals surface area contributed by atoms with Gasteiger partial charge in [-0.25, -0.2) is 9.18 Å². The quantitative estimate of drug-likeness (QED) is 0.290. The molecule has 5 aromatic rings. The first-order valence-electron chi connectivity index (χ1n) is 12.2. The van der Waals surface area contributed by atoms with Gasteiger partial charge >= 0.3 is 5.97 Å². The summed E-state index contributed by atoms with van der Waals surface area (Å²) < 4.78 is 20.6. The third-order valence-corrected chi connectivity index (χ3v) is 6.10. The van der Waals surface area contributed by atoms with Gasteiger partial charge in [0, 0.05) is 12.0 Å². The first-order chi connectivity index (χ1) is 18.9. The number of halogens is 1. The first-order valence-corrected chi connectivity index (χ1v) is 12.2. The van der Waals surface area contributed by atoms with Crippen LogP contribution in [0, 0.1) is 12.7 Å². The number of furan rings is 1.